The first-order valence-corrected chi connectivity index (χ1v) is 8.41. The highest BCUT2D eigenvalue weighted by Gasteiger charge is 2.10. The van der Waals surface area contributed by atoms with Crippen LogP contribution in [0.1, 0.15) is 4.88 Å². The Morgan fingerprint density at radius 2 is 2.11 bits per heavy atom. The van der Waals surface area contributed by atoms with E-state index in [4.69, 9.17) is 23.2 Å². The minimum absolute atomic E-state index is 0.468. The van der Waals surface area contributed by atoms with Gasteiger partial charge < -0.3 is 4.79 Å². The summed E-state index contributed by atoms with van der Waals surface area (Å²) in [7, 11) is 0. The summed E-state index contributed by atoms with van der Waals surface area (Å²) in [5.74, 6) is 0. The summed E-state index contributed by atoms with van der Waals surface area (Å²) < 4.78 is 2.29. The van der Waals surface area contributed by atoms with Crippen LogP contribution in [0.2, 0.25) is 10.0 Å². The second kappa shape index (κ2) is 6.61. The molecule has 0 spiro atoms. The summed E-state index contributed by atoms with van der Waals surface area (Å²) >= 11 is 17.5. The lowest BCUT2D eigenvalue weighted by Crippen LogP contribution is -1.76. The van der Waals surface area contributed by atoms with Crippen molar-refractivity contribution in [3.05, 3.63) is 42.8 Å². The molecule has 0 aliphatic heterocycles. The van der Waals surface area contributed by atoms with E-state index in [0.29, 0.717) is 16.5 Å². The van der Waals surface area contributed by atoms with Crippen LogP contribution in [0.5, 0.6) is 0 Å². The molecule has 0 atom stereocenters. The van der Waals surface area contributed by atoms with Gasteiger partial charge in [-0.3, -0.25) is 0 Å². The fourth-order valence-electron chi connectivity index (χ4n) is 1.31. The number of halogens is 3. The summed E-state index contributed by atoms with van der Waals surface area (Å²) in [4.78, 5) is 12.5. The number of benzene rings is 1. The third-order valence-electron chi connectivity index (χ3n) is 2.09. The molecule has 1 heterocycles. The van der Waals surface area contributed by atoms with E-state index in [1.165, 1.54) is 0 Å². The Morgan fingerprint density at radius 1 is 1.33 bits per heavy atom. The van der Waals surface area contributed by atoms with Gasteiger partial charge in [0.2, 0.25) is 0 Å². The van der Waals surface area contributed by atoms with E-state index >= 15 is 0 Å². The lowest BCUT2D eigenvalue weighted by atomic mass is 10.4. The van der Waals surface area contributed by atoms with Crippen LogP contribution >= 0.6 is 68.9 Å². The van der Waals surface area contributed by atoms with Gasteiger partial charge in [-0.05, 0) is 46.9 Å². The fourth-order valence-corrected chi connectivity index (χ4v) is 5.21. The Balaban J connectivity index is 2.25. The third kappa shape index (κ3) is 3.63. The summed E-state index contributed by atoms with van der Waals surface area (Å²) in [5.41, 5.74) is 0. The first-order chi connectivity index (χ1) is 8.60. The monoisotopic (exact) mass is 428 g/mol. The molecule has 0 N–H and O–H groups in total. The van der Waals surface area contributed by atoms with Crippen LogP contribution < -0.4 is 0 Å². The highest BCUT2D eigenvalue weighted by Crippen LogP contribution is 2.41. The molecule has 0 aliphatic rings. The van der Waals surface area contributed by atoms with Gasteiger partial charge >= 0.3 is 0 Å². The van der Waals surface area contributed by atoms with E-state index in [1.54, 1.807) is 29.2 Å². The van der Waals surface area contributed by atoms with Crippen LogP contribution in [0, 0.1) is 3.57 Å². The van der Waals surface area contributed by atoms with Gasteiger partial charge in [-0.1, -0.05) is 35.0 Å². The molecule has 0 saturated heterocycles. The zero-order valence-electron chi connectivity index (χ0n) is 8.95. The van der Waals surface area contributed by atoms with Crippen LogP contribution in [-0.2, 0) is 11.2 Å². The Labute approximate surface area is 137 Å². The Hall–Kier alpha value is 0.250. The molecule has 0 saturated carbocycles. The van der Waals surface area contributed by atoms with Crippen molar-refractivity contribution in [3.8, 4) is 0 Å². The molecule has 0 fully saturated rings. The van der Waals surface area contributed by atoms with Crippen molar-refractivity contribution in [1.82, 2.24) is 0 Å². The molecule has 18 heavy (non-hydrogen) atoms. The zero-order chi connectivity index (χ0) is 13.1. The number of hydrogen-bond donors (Lipinski definition) is 0. The average Bonchev–Trinajstić information content (AvgIpc) is 2.64. The number of aldehydes is 1. The molecule has 0 radical (unpaired) electrons. The molecular formula is C12H7Cl2IOS2. The van der Waals surface area contributed by atoms with Gasteiger partial charge in [-0.25, -0.2) is 0 Å². The van der Waals surface area contributed by atoms with Gasteiger partial charge in [0, 0.05) is 24.8 Å². The van der Waals surface area contributed by atoms with Crippen molar-refractivity contribution in [2.75, 3.05) is 0 Å². The van der Waals surface area contributed by atoms with Crippen molar-refractivity contribution in [2.24, 2.45) is 0 Å². The van der Waals surface area contributed by atoms with Crippen LogP contribution in [0.25, 0.3) is 0 Å². The maximum atomic E-state index is 10.5. The van der Waals surface area contributed by atoms with Gasteiger partial charge in [0.1, 0.15) is 6.29 Å². The molecule has 1 aromatic carbocycles. The first kappa shape index (κ1) is 14.7. The normalized spacial score (nSPS) is 10.6. The molecule has 1 nitrogen and oxygen atoms in total. The second-order valence-electron chi connectivity index (χ2n) is 3.40. The lowest BCUT2D eigenvalue weighted by Gasteiger charge is -2.02. The topological polar surface area (TPSA) is 17.1 Å². The molecule has 0 amide bonds. The van der Waals surface area contributed by atoms with Crippen LogP contribution in [0.3, 0.4) is 0 Å². The van der Waals surface area contributed by atoms with Gasteiger partial charge in [-0.2, -0.15) is 0 Å². The molecule has 2 aromatic rings. The number of carbonyl (C=O) groups is 1. The van der Waals surface area contributed by atoms with Gasteiger partial charge in [0.25, 0.3) is 0 Å². The maximum Gasteiger partial charge on any atom is 0.125 e. The highest BCUT2D eigenvalue weighted by molar-refractivity contribution is 14.1. The van der Waals surface area contributed by atoms with E-state index in [2.05, 4.69) is 22.6 Å². The van der Waals surface area contributed by atoms with Crippen LogP contribution in [0.4, 0.5) is 0 Å². The standard InChI is InChI=1S/C12H7Cl2IOS2/c13-7-1-2-11(9(14)5-7)18-12-10(15)6-8(17-12)3-4-16/h1-2,4-6H,3H2. The Morgan fingerprint density at radius 3 is 2.78 bits per heavy atom. The molecule has 2 rings (SSSR count). The third-order valence-corrected chi connectivity index (χ3v) is 6.76. The molecule has 0 aliphatic carbocycles. The summed E-state index contributed by atoms with van der Waals surface area (Å²) in [6.45, 7) is 0. The highest BCUT2D eigenvalue weighted by atomic mass is 127. The Kier molecular flexibility index (Phi) is 5.38. The lowest BCUT2D eigenvalue weighted by molar-refractivity contribution is -0.107. The summed E-state index contributed by atoms with van der Waals surface area (Å²) in [5, 5.41) is 1.28. The quantitative estimate of drug-likeness (QED) is 0.468. The van der Waals surface area contributed by atoms with Gasteiger partial charge in [-0.15, -0.1) is 11.3 Å². The van der Waals surface area contributed by atoms with Crippen LogP contribution in [-0.4, -0.2) is 6.29 Å². The molecule has 6 heteroatoms. The van der Waals surface area contributed by atoms with Crippen molar-refractivity contribution >= 4 is 75.2 Å². The molecule has 94 valence electrons. The summed E-state index contributed by atoms with van der Waals surface area (Å²) in [6.07, 6.45) is 1.39. The predicted molar refractivity (Wildman–Crippen MR) is 87.4 cm³/mol. The Bertz CT molecular complexity index is 583. The predicted octanol–water partition coefficient (Wildman–Crippen LogP) is 5.55. The molecule has 0 unspecified atom stereocenters. The first-order valence-electron chi connectivity index (χ1n) is 4.95. The average molecular weight is 429 g/mol. The number of carbonyl (C=O) groups excluding carboxylic acids is 1. The van der Waals surface area contributed by atoms with Crippen molar-refractivity contribution in [3.63, 3.8) is 0 Å². The maximum absolute atomic E-state index is 10.5. The van der Waals surface area contributed by atoms with E-state index < -0.39 is 0 Å². The number of hydrogen-bond acceptors (Lipinski definition) is 3. The SMILES string of the molecule is O=CCc1cc(I)c(Sc2ccc(Cl)cc2Cl)s1. The van der Waals surface area contributed by atoms with E-state index in [9.17, 15) is 4.79 Å². The van der Waals surface area contributed by atoms with Crippen molar-refractivity contribution in [2.45, 2.75) is 15.5 Å². The summed E-state index contributed by atoms with van der Waals surface area (Å²) in [6, 6.07) is 7.50. The zero-order valence-corrected chi connectivity index (χ0v) is 14.3. The van der Waals surface area contributed by atoms with Gasteiger partial charge in [0.15, 0.2) is 0 Å². The molecule has 0 bridgehead atoms. The number of rotatable bonds is 4. The largest absolute Gasteiger partial charge is 0.303 e. The van der Waals surface area contributed by atoms with E-state index in [-0.39, 0.29) is 0 Å². The minimum Gasteiger partial charge on any atom is -0.303 e. The number of thiophene rings is 1. The second-order valence-corrected chi connectivity index (χ2v) is 7.85. The fraction of sp³-hybridized carbons (Fsp3) is 0.0833. The molecule has 1 aromatic heterocycles. The van der Waals surface area contributed by atoms with Crippen LogP contribution in [0.15, 0.2) is 33.4 Å². The van der Waals surface area contributed by atoms with Gasteiger partial charge in [0.05, 0.1) is 9.23 Å². The smallest absolute Gasteiger partial charge is 0.125 e. The molecular weight excluding hydrogens is 422 g/mol. The van der Waals surface area contributed by atoms with E-state index in [0.717, 1.165) is 23.8 Å². The van der Waals surface area contributed by atoms with Crippen molar-refractivity contribution < 1.29 is 4.79 Å². The van der Waals surface area contributed by atoms with E-state index in [1.807, 2.05) is 18.2 Å². The minimum atomic E-state index is 0.468. The van der Waals surface area contributed by atoms with Crippen molar-refractivity contribution in [1.29, 1.82) is 0 Å².